The standard InChI is InChI=1S/C19H24N4S/c1-15-20-18-7-8-22(13-16-5-3-2-4-6-16)14-17(18)19(21-15)23-9-11-24-12-10-23/h2-6H,7-14H2,1H3. The zero-order chi connectivity index (χ0) is 16.4. The molecule has 2 aliphatic heterocycles. The van der Waals surface area contributed by atoms with E-state index < -0.39 is 0 Å². The number of aryl methyl sites for hydroxylation is 1. The summed E-state index contributed by atoms with van der Waals surface area (Å²) >= 11 is 2.04. The smallest absolute Gasteiger partial charge is 0.137 e. The Balaban J connectivity index is 1.59. The first-order chi connectivity index (χ1) is 11.8. The molecule has 0 bridgehead atoms. The third-order valence-corrected chi connectivity index (χ3v) is 5.73. The summed E-state index contributed by atoms with van der Waals surface area (Å²) in [5.41, 5.74) is 4.00. The maximum atomic E-state index is 4.83. The number of benzene rings is 1. The number of hydrogen-bond donors (Lipinski definition) is 0. The zero-order valence-corrected chi connectivity index (χ0v) is 15.1. The van der Waals surface area contributed by atoms with Crippen molar-refractivity contribution in [2.75, 3.05) is 36.0 Å². The summed E-state index contributed by atoms with van der Waals surface area (Å²) < 4.78 is 0. The Bertz CT molecular complexity index is 698. The van der Waals surface area contributed by atoms with Gasteiger partial charge in [-0.3, -0.25) is 4.90 Å². The first-order valence-electron chi connectivity index (χ1n) is 8.75. The SMILES string of the molecule is Cc1nc2c(c(N3CCSCC3)n1)CN(Cc1ccccc1)CC2. The summed E-state index contributed by atoms with van der Waals surface area (Å²) in [4.78, 5) is 14.6. The molecule has 2 aliphatic rings. The Morgan fingerprint density at radius 1 is 1.04 bits per heavy atom. The van der Waals surface area contributed by atoms with E-state index in [2.05, 4.69) is 40.1 Å². The van der Waals surface area contributed by atoms with E-state index in [1.165, 1.54) is 34.1 Å². The molecular weight excluding hydrogens is 316 g/mol. The van der Waals surface area contributed by atoms with Crippen molar-refractivity contribution in [1.82, 2.24) is 14.9 Å². The van der Waals surface area contributed by atoms with E-state index in [0.717, 1.165) is 45.0 Å². The lowest BCUT2D eigenvalue weighted by Gasteiger charge is -2.34. The van der Waals surface area contributed by atoms with Crippen LogP contribution in [0.2, 0.25) is 0 Å². The van der Waals surface area contributed by atoms with Gasteiger partial charge in [0.1, 0.15) is 11.6 Å². The molecular formula is C19H24N4S. The summed E-state index contributed by atoms with van der Waals surface area (Å²) in [7, 11) is 0. The summed E-state index contributed by atoms with van der Waals surface area (Å²) in [6.45, 7) is 7.28. The second kappa shape index (κ2) is 7.11. The third kappa shape index (κ3) is 3.42. The Labute approximate surface area is 148 Å². The monoisotopic (exact) mass is 340 g/mol. The van der Waals surface area contributed by atoms with Crippen LogP contribution in [0.3, 0.4) is 0 Å². The molecule has 5 heteroatoms. The molecule has 1 aromatic carbocycles. The van der Waals surface area contributed by atoms with Crippen LogP contribution >= 0.6 is 11.8 Å². The largest absolute Gasteiger partial charge is 0.355 e. The lowest BCUT2D eigenvalue weighted by Crippen LogP contribution is -2.37. The van der Waals surface area contributed by atoms with Crippen molar-refractivity contribution in [2.45, 2.75) is 26.4 Å². The highest BCUT2D eigenvalue weighted by molar-refractivity contribution is 7.99. The number of rotatable bonds is 3. The van der Waals surface area contributed by atoms with E-state index >= 15 is 0 Å². The fourth-order valence-corrected chi connectivity index (χ4v) is 4.49. The second-order valence-electron chi connectivity index (χ2n) is 6.57. The first kappa shape index (κ1) is 15.9. The normalized spacial score (nSPS) is 18.5. The molecule has 0 radical (unpaired) electrons. The molecule has 1 saturated heterocycles. The van der Waals surface area contributed by atoms with Gasteiger partial charge in [0, 0.05) is 56.2 Å². The highest BCUT2D eigenvalue weighted by Crippen LogP contribution is 2.29. The lowest BCUT2D eigenvalue weighted by molar-refractivity contribution is 0.243. The Morgan fingerprint density at radius 2 is 1.83 bits per heavy atom. The van der Waals surface area contributed by atoms with E-state index in [-0.39, 0.29) is 0 Å². The van der Waals surface area contributed by atoms with Crippen LogP contribution in [-0.2, 0) is 19.5 Å². The van der Waals surface area contributed by atoms with Gasteiger partial charge in [0.15, 0.2) is 0 Å². The van der Waals surface area contributed by atoms with Crippen molar-refractivity contribution in [3.8, 4) is 0 Å². The van der Waals surface area contributed by atoms with Crippen LogP contribution in [0, 0.1) is 6.92 Å². The number of anilines is 1. The van der Waals surface area contributed by atoms with Gasteiger partial charge >= 0.3 is 0 Å². The predicted octanol–water partition coefficient (Wildman–Crippen LogP) is 2.90. The molecule has 4 rings (SSSR count). The molecule has 1 fully saturated rings. The average molecular weight is 340 g/mol. The first-order valence-corrected chi connectivity index (χ1v) is 9.90. The summed E-state index contributed by atoms with van der Waals surface area (Å²) in [6.07, 6.45) is 1.03. The molecule has 0 saturated carbocycles. The predicted molar refractivity (Wildman–Crippen MR) is 101 cm³/mol. The number of aromatic nitrogens is 2. The zero-order valence-electron chi connectivity index (χ0n) is 14.2. The molecule has 1 aromatic heterocycles. The lowest BCUT2D eigenvalue weighted by atomic mass is 10.0. The molecule has 2 aromatic rings. The van der Waals surface area contributed by atoms with Crippen LogP contribution in [0.25, 0.3) is 0 Å². The van der Waals surface area contributed by atoms with Gasteiger partial charge in [-0.25, -0.2) is 9.97 Å². The van der Waals surface area contributed by atoms with Gasteiger partial charge < -0.3 is 4.90 Å². The van der Waals surface area contributed by atoms with Crippen molar-refractivity contribution in [2.24, 2.45) is 0 Å². The molecule has 0 spiro atoms. The Hall–Kier alpha value is -1.59. The van der Waals surface area contributed by atoms with Crippen molar-refractivity contribution in [3.05, 3.63) is 53.0 Å². The van der Waals surface area contributed by atoms with Crippen molar-refractivity contribution < 1.29 is 0 Å². The second-order valence-corrected chi connectivity index (χ2v) is 7.79. The minimum atomic E-state index is 0.915. The fourth-order valence-electron chi connectivity index (χ4n) is 3.59. The molecule has 0 aliphatic carbocycles. The maximum Gasteiger partial charge on any atom is 0.137 e. The van der Waals surface area contributed by atoms with Crippen LogP contribution in [0.1, 0.15) is 22.6 Å². The highest BCUT2D eigenvalue weighted by Gasteiger charge is 2.25. The van der Waals surface area contributed by atoms with Gasteiger partial charge in [0.25, 0.3) is 0 Å². The molecule has 126 valence electrons. The molecule has 0 unspecified atom stereocenters. The molecule has 0 amide bonds. The van der Waals surface area contributed by atoms with E-state index in [4.69, 9.17) is 9.97 Å². The highest BCUT2D eigenvalue weighted by atomic mass is 32.2. The molecule has 4 nitrogen and oxygen atoms in total. The Morgan fingerprint density at radius 3 is 2.62 bits per heavy atom. The van der Waals surface area contributed by atoms with Crippen molar-refractivity contribution in [1.29, 1.82) is 0 Å². The van der Waals surface area contributed by atoms with Gasteiger partial charge in [-0.2, -0.15) is 11.8 Å². The van der Waals surface area contributed by atoms with Crippen LogP contribution in [0.5, 0.6) is 0 Å². The molecule has 24 heavy (non-hydrogen) atoms. The fraction of sp³-hybridized carbons (Fsp3) is 0.474. The Kier molecular flexibility index (Phi) is 4.72. The van der Waals surface area contributed by atoms with Gasteiger partial charge in [-0.1, -0.05) is 30.3 Å². The number of fused-ring (bicyclic) bond motifs is 1. The van der Waals surface area contributed by atoms with Crippen LogP contribution in [-0.4, -0.2) is 46.0 Å². The number of hydrogen-bond acceptors (Lipinski definition) is 5. The summed E-state index contributed by atoms with van der Waals surface area (Å²) in [6, 6.07) is 10.7. The van der Waals surface area contributed by atoms with Crippen molar-refractivity contribution in [3.63, 3.8) is 0 Å². The average Bonchev–Trinajstić information content (AvgIpc) is 2.63. The van der Waals surface area contributed by atoms with Gasteiger partial charge in [0.2, 0.25) is 0 Å². The van der Waals surface area contributed by atoms with Crippen LogP contribution in [0.15, 0.2) is 30.3 Å². The van der Waals surface area contributed by atoms with Crippen LogP contribution in [0.4, 0.5) is 5.82 Å². The van der Waals surface area contributed by atoms with Gasteiger partial charge in [-0.05, 0) is 12.5 Å². The van der Waals surface area contributed by atoms with Gasteiger partial charge in [-0.15, -0.1) is 0 Å². The van der Waals surface area contributed by atoms with Crippen molar-refractivity contribution >= 4 is 17.6 Å². The minimum absolute atomic E-state index is 0.915. The molecule has 0 N–H and O–H groups in total. The van der Waals surface area contributed by atoms with E-state index in [9.17, 15) is 0 Å². The summed E-state index contributed by atoms with van der Waals surface area (Å²) in [5, 5.41) is 0. The van der Waals surface area contributed by atoms with Gasteiger partial charge in [0.05, 0.1) is 5.69 Å². The third-order valence-electron chi connectivity index (χ3n) is 4.79. The van der Waals surface area contributed by atoms with E-state index in [1.807, 2.05) is 18.7 Å². The molecule has 0 atom stereocenters. The summed E-state index contributed by atoms with van der Waals surface area (Å²) in [5.74, 6) is 4.51. The van der Waals surface area contributed by atoms with E-state index in [1.54, 1.807) is 0 Å². The maximum absolute atomic E-state index is 4.83. The topological polar surface area (TPSA) is 32.3 Å². The van der Waals surface area contributed by atoms with E-state index in [0.29, 0.717) is 0 Å². The number of nitrogens with zero attached hydrogens (tertiary/aromatic N) is 4. The van der Waals surface area contributed by atoms with Crippen LogP contribution < -0.4 is 4.90 Å². The molecule has 3 heterocycles. The minimum Gasteiger partial charge on any atom is -0.355 e. The number of thioether (sulfide) groups is 1. The quantitative estimate of drug-likeness (QED) is 0.858.